The third-order valence-electron chi connectivity index (χ3n) is 3.69. The van der Waals surface area contributed by atoms with E-state index in [4.69, 9.17) is 15.2 Å². The van der Waals surface area contributed by atoms with Gasteiger partial charge in [-0.15, -0.1) is 24.0 Å². The number of hydrogen-bond donors (Lipinski definition) is 2. The molecule has 0 saturated heterocycles. The van der Waals surface area contributed by atoms with Crippen molar-refractivity contribution >= 4 is 35.6 Å². The molecule has 0 bridgehead atoms. The number of nitrogens with two attached hydrogens (primary N) is 1. The molecular formula is C20H28IN3O2. The number of nitrogens with zero attached hydrogens (tertiary/aromatic N) is 1. The van der Waals surface area contributed by atoms with Crippen LogP contribution in [0.25, 0.3) is 0 Å². The van der Waals surface area contributed by atoms with Crippen LogP contribution in [0.4, 0.5) is 5.69 Å². The predicted molar refractivity (Wildman–Crippen MR) is 119 cm³/mol. The Hall–Kier alpha value is -1.96. The second-order valence-corrected chi connectivity index (χ2v) is 6.20. The zero-order chi connectivity index (χ0) is 18.1. The number of hydrogen-bond acceptors (Lipinski definition) is 3. The van der Waals surface area contributed by atoms with Crippen LogP contribution in [0.15, 0.2) is 53.5 Å². The molecule has 2 rings (SSSR count). The minimum absolute atomic E-state index is 0. The summed E-state index contributed by atoms with van der Waals surface area (Å²) in [6, 6.07) is 15.5. The van der Waals surface area contributed by atoms with Gasteiger partial charge in [-0.05, 0) is 30.5 Å². The van der Waals surface area contributed by atoms with E-state index in [0.29, 0.717) is 25.0 Å². The molecular weight excluding hydrogens is 441 g/mol. The standard InChI is InChI=1S/C20H27N3O2.HI/c1-15(2)11-12-25-19-10-5-4-7-16(19)14-22-20(21)23-17-8-6-9-18(13-17)24-3;/h4-10,13,15H,11-12,14H2,1-3H3,(H3,21,22,23);1H. The smallest absolute Gasteiger partial charge is 0.193 e. The highest BCUT2D eigenvalue weighted by Crippen LogP contribution is 2.20. The first-order chi connectivity index (χ1) is 12.1. The lowest BCUT2D eigenvalue weighted by atomic mass is 10.1. The van der Waals surface area contributed by atoms with Gasteiger partial charge in [0.05, 0.1) is 20.3 Å². The molecule has 0 aliphatic heterocycles. The number of anilines is 1. The molecule has 142 valence electrons. The largest absolute Gasteiger partial charge is 0.497 e. The number of aliphatic imine (C=N–C) groups is 1. The van der Waals surface area contributed by atoms with Gasteiger partial charge in [0.1, 0.15) is 11.5 Å². The Bertz CT molecular complexity index is 705. The SMILES string of the molecule is COc1cccc(NC(N)=NCc2ccccc2OCCC(C)C)c1.I. The van der Waals surface area contributed by atoms with Crippen LogP contribution >= 0.6 is 24.0 Å². The molecule has 26 heavy (non-hydrogen) atoms. The van der Waals surface area contributed by atoms with Crippen molar-refractivity contribution in [1.29, 1.82) is 0 Å². The molecule has 0 aromatic heterocycles. The fourth-order valence-electron chi connectivity index (χ4n) is 2.24. The maximum absolute atomic E-state index is 5.99. The lowest BCUT2D eigenvalue weighted by Crippen LogP contribution is -2.22. The van der Waals surface area contributed by atoms with Gasteiger partial charge in [-0.25, -0.2) is 4.99 Å². The van der Waals surface area contributed by atoms with Gasteiger partial charge < -0.3 is 20.5 Å². The van der Waals surface area contributed by atoms with Gasteiger partial charge in [-0.2, -0.15) is 0 Å². The van der Waals surface area contributed by atoms with E-state index in [2.05, 4.69) is 24.2 Å². The average molecular weight is 469 g/mol. The first-order valence-corrected chi connectivity index (χ1v) is 8.50. The number of benzene rings is 2. The summed E-state index contributed by atoms with van der Waals surface area (Å²) in [6.07, 6.45) is 1.02. The molecule has 0 atom stereocenters. The number of nitrogens with one attached hydrogen (secondary N) is 1. The van der Waals surface area contributed by atoms with Gasteiger partial charge in [0.2, 0.25) is 0 Å². The number of rotatable bonds is 8. The average Bonchev–Trinajstić information content (AvgIpc) is 2.61. The molecule has 0 aliphatic rings. The second kappa shape index (κ2) is 11.6. The molecule has 5 nitrogen and oxygen atoms in total. The van der Waals surface area contributed by atoms with Crippen LogP contribution in [0.2, 0.25) is 0 Å². The molecule has 0 amide bonds. The van der Waals surface area contributed by atoms with E-state index < -0.39 is 0 Å². The van der Waals surface area contributed by atoms with Crippen molar-refractivity contribution in [3.63, 3.8) is 0 Å². The number of guanidine groups is 1. The Labute approximate surface area is 173 Å². The van der Waals surface area contributed by atoms with E-state index in [1.165, 1.54) is 0 Å². The van der Waals surface area contributed by atoms with Crippen LogP contribution in [-0.4, -0.2) is 19.7 Å². The van der Waals surface area contributed by atoms with Gasteiger partial charge >= 0.3 is 0 Å². The fourth-order valence-corrected chi connectivity index (χ4v) is 2.24. The van der Waals surface area contributed by atoms with Crippen molar-refractivity contribution in [2.75, 3.05) is 19.0 Å². The highest BCUT2D eigenvalue weighted by atomic mass is 127. The van der Waals surface area contributed by atoms with Gasteiger partial charge in [0.15, 0.2) is 5.96 Å². The molecule has 6 heteroatoms. The maximum Gasteiger partial charge on any atom is 0.193 e. The van der Waals surface area contributed by atoms with Crippen molar-refractivity contribution in [3.8, 4) is 11.5 Å². The zero-order valence-electron chi connectivity index (χ0n) is 15.6. The van der Waals surface area contributed by atoms with Crippen LogP contribution in [-0.2, 0) is 6.54 Å². The molecule has 3 N–H and O–H groups in total. The van der Waals surface area contributed by atoms with Crippen molar-refractivity contribution in [2.45, 2.75) is 26.8 Å². The monoisotopic (exact) mass is 469 g/mol. The van der Waals surface area contributed by atoms with Crippen LogP contribution in [0.1, 0.15) is 25.8 Å². The zero-order valence-corrected chi connectivity index (χ0v) is 17.9. The first-order valence-electron chi connectivity index (χ1n) is 8.50. The summed E-state index contributed by atoms with van der Waals surface area (Å²) in [5.41, 5.74) is 7.84. The quantitative estimate of drug-likeness (QED) is 0.335. The number of methoxy groups -OCH3 is 1. The Balaban J connectivity index is 0.00000338. The highest BCUT2D eigenvalue weighted by molar-refractivity contribution is 14.0. The summed E-state index contributed by atoms with van der Waals surface area (Å²) in [5.74, 6) is 2.60. The van der Waals surface area contributed by atoms with Crippen LogP contribution in [0.3, 0.4) is 0 Å². The van der Waals surface area contributed by atoms with E-state index in [9.17, 15) is 0 Å². The van der Waals surface area contributed by atoms with Crippen molar-refractivity contribution in [2.24, 2.45) is 16.6 Å². The predicted octanol–water partition coefficient (Wildman–Crippen LogP) is 4.66. The van der Waals surface area contributed by atoms with E-state index in [0.717, 1.165) is 29.2 Å². The van der Waals surface area contributed by atoms with Gasteiger partial charge in [0.25, 0.3) is 0 Å². The molecule has 0 aliphatic carbocycles. The summed E-state index contributed by atoms with van der Waals surface area (Å²) in [5, 5.41) is 3.07. The van der Waals surface area contributed by atoms with Crippen molar-refractivity contribution in [1.82, 2.24) is 0 Å². The molecule has 0 fully saturated rings. The van der Waals surface area contributed by atoms with Crippen LogP contribution < -0.4 is 20.5 Å². The molecule has 0 radical (unpaired) electrons. The summed E-state index contributed by atoms with van der Waals surface area (Å²) < 4.78 is 11.1. The lowest BCUT2D eigenvalue weighted by Gasteiger charge is -2.12. The summed E-state index contributed by atoms with van der Waals surface area (Å²) >= 11 is 0. The normalized spacial score (nSPS) is 11.0. The Morgan fingerprint density at radius 2 is 1.92 bits per heavy atom. The molecule has 2 aromatic carbocycles. The lowest BCUT2D eigenvalue weighted by molar-refractivity contribution is 0.287. The Morgan fingerprint density at radius 3 is 2.65 bits per heavy atom. The topological polar surface area (TPSA) is 68.9 Å². The first kappa shape index (κ1) is 22.1. The summed E-state index contributed by atoms with van der Waals surface area (Å²) in [4.78, 5) is 4.41. The Kier molecular flexibility index (Phi) is 9.87. The minimum atomic E-state index is 0. The fraction of sp³-hybridized carbons (Fsp3) is 0.350. The number of para-hydroxylation sites is 1. The van der Waals surface area contributed by atoms with Crippen molar-refractivity contribution in [3.05, 3.63) is 54.1 Å². The Morgan fingerprint density at radius 1 is 1.15 bits per heavy atom. The van der Waals surface area contributed by atoms with E-state index in [-0.39, 0.29) is 24.0 Å². The third kappa shape index (κ3) is 7.51. The molecule has 0 unspecified atom stereocenters. The van der Waals surface area contributed by atoms with Gasteiger partial charge in [0, 0.05) is 17.3 Å². The summed E-state index contributed by atoms with van der Waals surface area (Å²) in [7, 11) is 1.63. The van der Waals surface area contributed by atoms with Gasteiger partial charge in [-0.3, -0.25) is 0 Å². The minimum Gasteiger partial charge on any atom is -0.497 e. The van der Waals surface area contributed by atoms with E-state index >= 15 is 0 Å². The van der Waals surface area contributed by atoms with Gasteiger partial charge in [-0.1, -0.05) is 38.1 Å². The van der Waals surface area contributed by atoms with Crippen LogP contribution in [0.5, 0.6) is 11.5 Å². The number of ether oxygens (including phenoxy) is 2. The number of halogens is 1. The molecule has 0 spiro atoms. The highest BCUT2D eigenvalue weighted by Gasteiger charge is 2.04. The van der Waals surface area contributed by atoms with E-state index in [1.54, 1.807) is 7.11 Å². The third-order valence-corrected chi connectivity index (χ3v) is 3.69. The van der Waals surface area contributed by atoms with Crippen LogP contribution in [0, 0.1) is 5.92 Å². The van der Waals surface area contributed by atoms with Crippen molar-refractivity contribution < 1.29 is 9.47 Å². The second-order valence-electron chi connectivity index (χ2n) is 6.20. The maximum atomic E-state index is 5.99. The molecule has 0 heterocycles. The molecule has 2 aromatic rings. The van der Waals surface area contributed by atoms with E-state index in [1.807, 2.05) is 48.5 Å². The summed E-state index contributed by atoms with van der Waals surface area (Å²) in [6.45, 7) is 5.53. The molecule has 0 saturated carbocycles.